The molecule has 1 N–H and O–H groups in total. The summed E-state index contributed by atoms with van der Waals surface area (Å²) < 4.78 is 1.15. The van der Waals surface area contributed by atoms with E-state index in [4.69, 9.17) is 21.3 Å². The molecule has 1 amide bonds. The van der Waals surface area contributed by atoms with E-state index in [9.17, 15) is 14.4 Å². The second-order valence-corrected chi connectivity index (χ2v) is 7.00. The average molecular weight is 389 g/mol. The number of hydrogen-bond donors (Lipinski definition) is 1. The molecule has 3 heterocycles. The molecular formula is C17H13ClN4O5. The van der Waals surface area contributed by atoms with Gasteiger partial charge in [-0.3, -0.25) is 24.0 Å². The fourth-order valence-corrected chi connectivity index (χ4v) is 4.03. The van der Waals surface area contributed by atoms with Gasteiger partial charge in [-0.1, -0.05) is 35.0 Å². The lowest BCUT2D eigenvalue weighted by Crippen LogP contribution is -2.50. The Morgan fingerprint density at radius 1 is 1.26 bits per heavy atom. The Morgan fingerprint density at radius 3 is 2.81 bits per heavy atom. The van der Waals surface area contributed by atoms with Gasteiger partial charge >= 0.3 is 5.69 Å². The van der Waals surface area contributed by atoms with Gasteiger partial charge in [0, 0.05) is 18.2 Å². The van der Waals surface area contributed by atoms with Crippen molar-refractivity contribution in [1.29, 1.82) is 0 Å². The van der Waals surface area contributed by atoms with Crippen LogP contribution < -0.4 is 11.2 Å². The van der Waals surface area contributed by atoms with Gasteiger partial charge in [0.15, 0.2) is 11.9 Å². The minimum Gasteiger partial charge on any atom is -0.388 e. The highest BCUT2D eigenvalue weighted by Crippen LogP contribution is 2.45. The number of aromatic nitrogens is 2. The van der Waals surface area contributed by atoms with E-state index in [2.05, 4.69) is 10.1 Å². The van der Waals surface area contributed by atoms with Gasteiger partial charge in [0.05, 0.1) is 5.92 Å². The molecule has 1 aliphatic carbocycles. The van der Waals surface area contributed by atoms with Crippen molar-refractivity contribution in [1.82, 2.24) is 14.6 Å². The molecule has 0 radical (unpaired) electrons. The number of oxime groups is 1. The zero-order chi connectivity index (χ0) is 18.7. The zero-order valence-corrected chi connectivity index (χ0v) is 14.5. The highest BCUT2D eigenvalue weighted by molar-refractivity contribution is 6.30. The van der Waals surface area contributed by atoms with Crippen LogP contribution in [0.5, 0.6) is 0 Å². The number of hydroxylamine groups is 2. The summed E-state index contributed by atoms with van der Waals surface area (Å²) in [6, 6.07) is 8.51. The monoisotopic (exact) mass is 388 g/mol. The molecule has 10 heteroatoms. The molecule has 9 nitrogen and oxygen atoms in total. The number of carbonyl (C=O) groups excluding carboxylic acids is 1. The predicted molar refractivity (Wildman–Crippen MR) is 93.4 cm³/mol. The topological polar surface area (TPSA) is 106 Å². The quantitative estimate of drug-likeness (QED) is 0.769. The first kappa shape index (κ1) is 16.3. The van der Waals surface area contributed by atoms with Crippen LogP contribution in [-0.2, 0) is 9.68 Å². The Hall–Kier alpha value is -2.91. The number of halogens is 1. The lowest BCUT2D eigenvalue weighted by atomic mass is 10.0. The van der Waals surface area contributed by atoms with Crippen LogP contribution in [0.3, 0.4) is 0 Å². The highest BCUT2D eigenvalue weighted by atomic mass is 35.5. The number of rotatable bonds is 1. The molecule has 1 aromatic carbocycles. The molecule has 27 heavy (non-hydrogen) atoms. The van der Waals surface area contributed by atoms with E-state index >= 15 is 0 Å². The Balaban J connectivity index is 1.43. The highest BCUT2D eigenvalue weighted by Gasteiger charge is 2.61. The largest absolute Gasteiger partial charge is 0.388 e. The van der Waals surface area contributed by atoms with Gasteiger partial charge in [-0.2, -0.15) is 0 Å². The van der Waals surface area contributed by atoms with E-state index < -0.39 is 17.4 Å². The number of nitrogens with one attached hydrogen (secondary N) is 1. The summed E-state index contributed by atoms with van der Waals surface area (Å²) in [5.74, 6) is -0.278. The molecule has 2 fully saturated rings. The van der Waals surface area contributed by atoms with Crippen molar-refractivity contribution in [3.8, 4) is 0 Å². The summed E-state index contributed by atoms with van der Waals surface area (Å²) in [6.45, 7) is 0. The van der Waals surface area contributed by atoms with Gasteiger partial charge in [0.25, 0.3) is 11.5 Å². The van der Waals surface area contributed by atoms with Crippen LogP contribution in [0.25, 0.3) is 0 Å². The van der Waals surface area contributed by atoms with E-state index in [1.165, 1.54) is 11.3 Å². The lowest BCUT2D eigenvalue weighted by molar-refractivity contribution is -0.190. The number of carbonyl (C=O) groups is 1. The molecule has 1 saturated carbocycles. The maximum Gasteiger partial charge on any atom is 0.334 e. The number of amides is 1. The number of H-pyrrole nitrogens is 1. The molecule has 4 atom stereocenters. The Bertz CT molecular complexity index is 1080. The molecule has 1 aromatic heterocycles. The molecule has 5 rings (SSSR count). The molecule has 0 spiro atoms. The minimum atomic E-state index is -0.669. The first-order chi connectivity index (χ1) is 13.0. The SMILES string of the molecule is O=C(c1ccccc1)N1O[C@H]2C[C@@H]1[C@@H]1ON=C(n3cc(Cl)c(=O)[nH]c3=O)[C@@H]12. The summed E-state index contributed by atoms with van der Waals surface area (Å²) in [5, 5.41) is 5.21. The summed E-state index contributed by atoms with van der Waals surface area (Å²) in [5.41, 5.74) is -0.811. The van der Waals surface area contributed by atoms with E-state index in [1.54, 1.807) is 24.3 Å². The van der Waals surface area contributed by atoms with Crippen LogP contribution in [0.2, 0.25) is 5.02 Å². The third kappa shape index (κ3) is 2.35. The van der Waals surface area contributed by atoms with Crippen LogP contribution in [0.15, 0.2) is 51.3 Å². The van der Waals surface area contributed by atoms with E-state index in [1.807, 2.05) is 6.07 Å². The lowest BCUT2D eigenvalue weighted by Gasteiger charge is -2.32. The Labute approximate surface area is 156 Å². The second-order valence-electron chi connectivity index (χ2n) is 6.60. The third-order valence-corrected chi connectivity index (χ3v) is 5.36. The summed E-state index contributed by atoms with van der Waals surface area (Å²) in [7, 11) is 0. The fourth-order valence-electron chi connectivity index (χ4n) is 3.89. The van der Waals surface area contributed by atoms with Crippen molar-refractivity contribution in [3.05, 3.63) is 68.0 Å². The minimum absolute atomic E-state index is 0.134. The number of nitrogens with zero attached hydrogens (tertiary/aromatic N) is 3. The van der Waals surface area contributed by atoms with Crippen molar-refractivity contribution in [2.75, 3.05) is 0 Å². The Morgan fingerprint density at radius 2 is 2.04 bits per heavy atom. The van der Waals surface area contributed by atoms with Crippen LogP contribution >= 0.6 is 11.6 Å². The predicted octanol–water partition coefficient (Wildman–Crippen LogP) is 0.595. The van der Waals surface area contributed by atoms with Gasteiger partial charge in [-0.05, 0) is 12.1 Å². The first-order valence-electron chi connectivity index (χ1n) is 8.35. The van der Waals surface area contributed by atoms with Crippen molar-refractivity contribution >= 4 is 23.3 Å². The van der Waals surface area contributed by atoms with Gasteiger partial charge in [0.1, 0.15) is 17.2 Å². The van der Waals surface area contributed by atoms with Gasteiger partial charge in [0.2, 0.25) is 0 Å². The third-order valence-electron chi connectivity index (χ3n) is 5.09. The van der Waals surface area contributed by atoms with Crippen molar-refractivity contribution in [2.45, 2.75) is 24.7 Å². The van der Waals surface area contributed by atoms with E-state index in [-0.39, 0.29) is 29.0 Å². The van der Waals surface area contributed by atoms with Crippen molar-refractivity contribution in [3.63, 3.8) is 0 Å². The second kappa shape index (κ2) is 5.80. The summed E-state index contributed by atoms with van der Waals surface area (Å²) in [6.07, 6.45) is 0.987. The number of hydrogen-bond acceptors (Lipinski definition) is 6. The molecule has 0 unspecified atom stereocenters. The van der Waals surface area contributed by atoms with Crippen LogP contribution in [0, 0.1) is 5.92 Å². The molecular weight excluding hydrogens is 376 g/mol. The van der Waals surface area contributed by atoms with Crippen LogP contribution in [-0.4, -0.2) is 44.6 Å². The molecule has 2 aliphatic heterocycles. The van der Waals surface area contributed by atoms with Crippen molar-refractivity contribution in [2.24, 2.45) is 11.1 Å². The number of aromatic amines is 1. The average Bonchev–Trinajstić information content (AvgIpc) is 3.37. The smallest absolute Gasteiger partial charge is 0.334 e. The van der Waals surface area contributed by atoms with Gasteiger partial charge < -0.3 is 4.84 Å². The van der Waals surface area contributed by atoms with Crippen LogP contribution in [0.4, 0.5) is 0 Å². The molecule has 1 saturated heterocycles. The molecule has 2 bridgehead atoms. The number of fused-ring (bicyclic) bond motifs is 5. The van der Waals surface area contributed by atoms with Gasteiger partial charge in [-0.15, -0.1) is 0 Å². The van der Waals surface area contributed by atoms with E-state index in [0.717, 1.165) is 4.57 Å². The molecule has 138 valence electrons. The summed E-state index contributed by atoms with van der Waals surface area (Å²) in [4.78, 5) is 49.8. The van der Waals surface area contributed by atoms with E-state index in [0.29, 0.717) is 17.8 Å². The molecule has 3 aliphatic rings. The first-order valence-corrected chi connectivity index (χ1v) is 8.73. The fraction of sp³-hybridized carbons (Fsp3) is 0.294. The normalized spacial score (nSPS) is 28.0. The summed E-state index contributed by atoms with van der Waals surface area (Å²) >= 11 is 5.84. The maximum atomic E-state index is 12.7. The number of benzene rings is 1. The maximum absolute atomic E-state index is 12.7. The standard InChI is InChI=1S/C17H13ClN4O5/c18-9-7-21(17(25)19-15(9)23)14-12-11-6-10(13(12)26-20-14)22(27-11)16(24)8-4-2-1-3-5-8/h1-5,7,10-13H,6H2,(H,19,23,25)/t10-,11+,12-,13+/m1/s1. The van der Waals surface area contributed by atoms with Crippen LogP contribution in [0.1, 0.15) is 16.8 Å². The zero-order valence-electron chi connectivity index (χ0n) is 13.7. The van der Waals surface area contributed by atoms with Gasteiger partial charge in [-0.25, -0.2) is 9.86 Å². The molecule has 2 aromatic rings. The Kier molecular flexibility index (Phi) is 3.49. The van der Waals surface area contributed by atoms with Crippen molar-refractivity contribution < 1.29 is 14.5 Å².